The Labute approximate surface area is 100.0 Å². The molecule has 1 aromatic rings. The van der Waals surface area contributed by atoms with Crippen LogP contribution in [0, 0.1) is 0 Å². The molecule has 1 aliphatic rings. The van der Waals surface area contributed by atoms with Crippen molar-refractivity contribution in [1.29, 1.82) is 0 Å². The van der Waals surface area contributed by atoms with Crippen molar-refractivity contribution >= 4 is 11.3 Å². The van der Waals surface area contributed by atoms with E-state index < -0.39 is 0 Å². The lowest BCUT2D eigenvalue weighted by molar-refractivity contribution is -0.0902. The summed E-state index contributed by atoms with van der Waals surface area (Å²) in [4.78, 5) is 4.56. The number of nitrogens with one attached hydrogen (secondary N) is 1. The van der Waals surface area contributed by atoms with E-state index in [9.17, 15) is 0 Å². The number of thiazole rings is 1. The molecule has 1 saturated heterocycles. The van der Waals surface area contributed by atoms with Crippen LogP contribution in [-0.4, -0.2) is 30.8 Å². The first-order chi connectivity index (χ1) is 7.75. The minimum atomic E-state index is 0.0338. The molecule has 0 radical (unpaired) electrons. The van der Waals surface area contributed by atoms with Crippen molar-refractivity contribution in [1.82, 2.24) is 10.3 Å². The number of hydrogen-bond donors (Lipinski definition) is 1. The average Bonchev–Trinajstić information content (AvgIpc) is 2.76. The molecule has 2 rings (SSSR count). The zero-order valence-electron chi connectivity index (χ0n) is 9.73. The minimum Gasteiger partial charge on any atom is -0.376 e. The van der Waals surface area contributed by atoms with Gasteiger partial charge in [-0.3, -0.25) is 0 Å². The van der Waals surface area contributed by atoms with E-state index >= 15 is 0 Å². The summed E-state index contributed by atoms with van der Waals surface area (Å²) in [6.45, 7) is 7.08. The van der Waals surface area contributed by atoms with Crippen molar-refractivity contribution in [3.63, 3.8) is 0 Å². The second-order valence-corrected chi connectivity index (χ2v) is 5.04. The summed E-state index contributed by atoms with van der Waals surface area (Å²) in [5.41, 5.74) is 1.09. The van der Waals surface area contributed by atoms with Crippen LogP contribution in [0.2, 0.25) is 0 Å². The second kappa shape index (κ2) is 5.72. The van der Waals surface area contributed by atoms with E-state index in [-0.39, 0.29) is 6.10 Å². The van der Waals surface area contributed by atoms with Crippen molar-refractivity contribution in [3.8, 4) is 0 Å². The van der Waals surface area contributed by atoms with Gasteiger partial charge in [0.15, 0.2) is 0 Å². The van der Waals surface area contributed by atoms with Gasteiger partial charge in [0, 0.05) is 18.0 Å². The number of nitrogens with zero attached hydrogens (tertiary/aromatic N) is 1. The van der Waals surface area contributed by atoms with Crippen LogP contribution in [0.5, 0.6) is 0 Å². The Morgan fingerprint density at radius 3 is 3.12 bits per heavy atom. The SMILES string of the molecule is CC(C)NCc1csc(C2COCCO2)n1. The molecule has 0 aliphatic carbocycles. The smallest absolute Gasteiger partial charge is 0.132 e. The van der Waals surface area contributed by atoms with Gasteiger partial charge in [0.25, 0.3) is 0 Å². The summed E-state index contributed by atoms with van der Waals surface area (Å²) in [5.74, 6) is 0. The third kappa shape index (κ3) is 3.25. The van der Waals surface area contributed by atoms with Gasteiger partial charge in [-0.2, -0.15) is 0 Å². The Kier molecular flexibility index (Phi) is 4.29. The Morgan fingerprint density at radius 2 is 2.44 bits per heavy atom. The largest absolute Gasteiger partial charge is 0.376 e. The first-order valence-corrected chi connectivity index (χ1v) is 6.50. The van der Waals surface area contributed by atoms with Crippen molar-refractivity contribution < 1.29 is 9.47 Å². The molecule has 0 bridgehead atoms. The fourth-order valence-electron chi connectivity index (χ4n) is 1.49. The molecule has 90 valence electrons. The van der Waals surface area contributed by atoms with Gasteiger partial charge in [0.2, 0.25) is 0 Å². The molecule has 1 N–H and O–H groups in total. The monoisotopic (exact) mass is 242 g/mol. The van der Waals surface area contributed by atoms with E-state index in [1.807, 2.05) is 0 Å². The summed E-state index contributed by atoms with van der Waals surface area (Å²) in [5, 5.41) is 6.46. The number of rotatable bonds is 4. The first-order valence-electron chi connectivity index (χ1n) is 5.62. The molecule has 0 saturated carbocycles. The number of ether oxygens (including phenoxy) is 2. The molecule has 16 heavy (non-hydrogen) atoms. The van der Waals surface area contributed by atoms with Gasteiger partial charge in [0.1, 0.15) is 11.1 Å². The lowest BCUT2D eigenvalue weighted by Crippen LogP contribution is -2.23. The predicted octanol–water partition coefficient (Wildman–Crippen LogP) is 1.73. The van der Waals surface area contributed by atoms with Gasteiger partial charge in [-0.1, -0.05) is 13.8 Å². The molecule has 1 unspecified atom stereocenters. The van der Waals surface area contributed by atoms with E-state index in [1.165, 1.54) is 0 Å². The summed E-state index contributed by atoms with van der Waals surface area (Å²) < 4.78 is 11.0. The molecule has 0 aromatic carbocycles. The Bertz CT molecular complexity index is 322. The van der Waals surface area contributed by atoms with Crippen LogP contribution in [-0.2, 0) is 16.0 Å². The highest BCUT2D eigenvalue weighted by molar-refractivity contribution is 7.09. The minimum absolute atomic E-state index is 0.0338. The van der Waals surface area contributed by atoms with Gasteiger partial charge in [-0.25, -0.2) is 4.98 Å². The summed E-state index contributed by atoms with van der Waals surface area (Å²) in [6.07, 6.45) is 0.0338. The highest BCUT2D eigenvalue weighted by atomic mass is 32.1. The normalized spacial score (nSPS) is 21.6. The summed E-state index contributed by atoms with van der Waals surface area (Å²) in [7, 11) is 0. The van der Waals surface area contributed by atoms with E-state index in [0.29, 0.717) is 25.9 Å². The van der Waals surface area contributed by atoms with Gasteiger partial charge in [0.05, 0.1) is 25.5 Å². The van der Waals surface area contributed by atoms with E-state index in [0.717, 1.165) is 17.2 Å². The van der Waals surface area contributed by atoms with Crippen LogP contribution in [0.1, 0.15) is 30.7 Å². The van der Waals surface area contributed by atoms with Crippen molar-refractivity contribution in [2.45, 2.75) is 32.5 Å². The number of aromatic nitrogens is 1. The van der Waals surface area contributed by atoms with Crippen LogP contribution >= 0.6 is 11.3 Å². The maximum Gasteiger partial charge on any atom is 0.132 e. The fourth-order valence-corrected chi connectivity index (χ4v) is 2.34. The molecule has 2 heterocycles. The molecule has 4 nitrogen and oxygen atoms in total. The lowest BCUT2D eigenvalue weighted by Gasteiger charge is -2.20. The molecule has 1 aliphatic heterocycles. The van der Waals surface area contributed by atoms with Crippen molar-refractivity contribution in [2.24, 2.45) is 0 Å². The van der Waals surface area contributed by atoms with E-state index in [4.69, 9.17) is 9.47 Å². The maximum absolute atomic E-state index is 5.61. The van der Waals surface area contributed by atoms with Crippen molar-refractivity contribution in [2.75, 3.05) is 19.8 Å². The van der Waals surface area contributed by atoms with E-state index in [1.54, 1.807) is 11.3 Å². The third-order valence-corrected chi connectivity index (χ3v) is 3.34. The maximum atomic E-state index is 5.61. The Hall–Kier alpha value is -0.490. The predicted molar refractivity (Wildman–Crippen MR) is 63.6 cm³/mol. The lowest BCUT2D eigenvalue weighted by atomic mass is 10.3. The van der Waals surface area contributed by atoms with Crippen LogP contribution in [0.15, 0.2) is 5.38 Å². The fraction of sp³-hybridized carbons (Fsp3) is 0.727. The van der Waals surface area contributed by atoms with Gasteiger partial charge in [-0.15, -0.1) is 11.3 Å². The summed E-state index contributed by atoms with van der Waals surface area (Å²) in [6, 6.07) is 0.486. The van der Waals surface area contributed by atoms with Crippen molar-refractivity contribution in [3.05, 3.63) is 16.1 Å². The van der Waals surface area contributed by atoms with Crippen LogP contribution < -0.4 is 5.32 Å². The molecule has 1 aromatic heterocycles. The average molecular weight is 242 g/mol. The second-order valence-electron chi connectivity index (χ2n) is 4.15. The van der Waals surface area contributed by atoms with Gasteiger partial charge in [-0.05, 0) is 0 Å². The van der Waals surface area contributed by atoms with Crippen LogP contribution in [0.3, 0.4) is 0 Å². The molecule has 1 atom stereocenters. The first kappa shape index (κ1) is 12.0. The molecule has 0 spiro atoms. The topological polar surface area (TPSA) is 43.4 Å². The quantitative estimate of drug-likeness (QED) is 0.873. The van der Waals surface area contributed by atoms with Gasteiger partial charge < -0.3 is 14.8 Å². The van der Waals surface area contributed by atoms with Crippen LogP contribution in [0.4, 0.5) is 0 Å². The Balaban J connectivity index is 1.90. The highest BCUT2D eigenvalue weighted by Crippen LogP contribution is 2.24. The van der Waals surface area contributed by atoms with Crippen LogP contribution in [0.25, 0.3) is 0 Å². The molecule has 1 fully saturated rings. The number of hydrogen-bond acceptors (Lipinski definition) is 5. The molecule has 0 amide bonds. The van der Waals surface area contributed by atoms with Gasteiger partial charge >= 0.3 is 0 Å². The Morgan fingerprint density at radius 1 is 1.56 bits per heavy atom. The molecular formula is C11H18N2O2S. The molecular weight excluding hydrogens is 224 g/mol. The highest BCUT2D eigenvalue weighted by Gasteiger charge is 2.19. The third-order valence-electron chi connectivity index (χ3n) is 2.35. The standard InChI is InChI=1S/C11H18N2O2S/c1-8(2)12-5-9-7-16-11(13-9)10-6-14-3-4-15-10/h7-8,10,12H,3-6H2,1-2H3. The zero-order chi connectivity index (χ0) is 11.4. The summed E-state index contributed by atoms with van der Waals surface area (Å²) >= 11 is 1.65. The zero-order valence-corrected chi connectivity index (χ0v) is 10.5. The molecule has 5 heteroatoms. The van der Waals surface area contributed by atoms with E-state index in [2.05, 4.69) is 29.5 Å².